The predicted molar refractivity (Wildman–Crippen MR) is 86.1 cm³/mol. The Morgan fingerprint density at radius 2 is 2.27 bits per heavy atom. The van der Waals surface area contributed by atoms with Gasteiger partial charge in [0.25, 0.3) is 0 Å². The number of nitrogens with zero attached hydrogens (tertiary/aromatic N) is 2. The normalized spacial score (nSPS) is 27.0. The molecule has 0 saturated heterocycles. The van der Waals surface area contributed by atoms with Crippen molar-refractivity contribution in [3.63, 3.8) is 0 Å². The summed E-state index contributed by atoms with van der Waals surface area (Å²) < 4.78 is 0. The van der Waals surface area contributed by atoms with Crippen LogP contribution in [0.4, 0.5) is 0 Å². The fourth-order valence-electron chi connectivity index (χ4n) is 3.42. The Hall–Kier alpha value is -2.17. The topological polar surface area (TPSA) is 74.0 Å². The SMILES string of the molecule is CC1CC(NC(=O)CC2=NN=CCC2)(c2cccc(O)c2)C1. The fraction of sp³-hybridized carbons (Fsp3) is 0.471. The summed E-state index contributed by atoms with van der Waals surface area (Å²) in [6.45, 7) is 2.17. The lowest BCUT2D eigenvalue weighted by atomic mass is 9.65. The highest BCUT2D eigenvalue weighted by molar-refractivity contribution is 6.02. The van der Waals surface area contributed by atoms with Crippen LogP contribution in [0.15, 0.2) is 34.5 Å². The van der Waals surface area contributed by atoms with Gasteiger partial charge in [0, 0.05) is 6.21 Å². The zero-order valence-electron chi connectivity index (χ0n) is 12.7. The maximum atomic E-state index is 12.4. The zero-order chi connectivity index (χ0) is 15.6. The lowest BCUT2D eigenvalue weighted by molar-refractivity contribution is -0.123. The van der Waals surface area contributed by atoms with Gasteiger partial charge in [0.15, 0.2) is 0 Å². The van der Waals surface area contributed by atoms with Crippen LogP contribution in [-0.2, 0) is 10.3 Å². The summed E-state index contributed by atoms with van der Waals surface area (Å²) in [6, 6.07) is 7.18. The van der Waals surface area contributed by atoms with Gasteiger partial charge < -0.3 is 10.4 Å². The molecule has 2 N–H and O–H groups in total. The standard InChI is InChI=1S/C17H21N3O2/c1-12-10-17(11-12,13-4-2-6-15(21)8-13)19-16(22)9-14-5-3-7-18-20-14/h2,4,6-8,12,21H,3,5,9-11H2,1H3,(H,19,22). The van der Waals surface area contributed by atoms with Crippen molar-refractivity contribution in [2.45, 2.75) is 44.6 Å². The third kappa shape index (κ3) is 3.03. The number of rotatable bonds is 4. The number of phenols is 1. The second-order valence-electron chi connectivity index (χ2n) is 6.37. The summed E-state index contributed by atoms with van der Waals surface area (Å²) in [5.74, 6) is 0.780. The van der Waals surface area contributed by atoms with Gasteiger partial charge in [0.05, 0.1) is 17.7 Å². The number of hydrogen-bond donors (Lipinski definition) is 2. The van der Waals surface area contributed by atoms with Crippen LogP contribution in [0, 0.1) is 5.92 Å². The highest BCUT2D eigenvalue weighted by Crippen LogP contribution is 2.46. The molecule has 1 aromatic carbocycles. The number of hydrogen-bond acceptors (Lipinski definition) is 4. The molecule has 3 rings (SSSR count). The molecule has 1 saturated carbocycles. The molecule has 0 radical (unpaired) electrons. The van der Waals surface area contributed by atoms with Crippen molar-refractivity contribution < 1.29 is 9.90 Å². The number of phenolic OH excluding ortho intramolecular Hbond substituents is 1. The Bertz CT molecular complexity index is 631. The van der Waals surface area contributed by atoms with Gasteiger partial charge >= 0.3 is 0 Å². The van der Waals surface area contributed by atoms with E-state index >= 15 is 0 Å². The number of benzene rings is 1. The van der Waals surface area contributed by atoms with Gasteiger partial charge in [0.2, 0.25) is 5.91 Å². The van der Waals surface area contributed by atoms with Gasteiger partial charge in [-0.05, 0) is 49.3 Å². The molecule has 1 fully saturated rings. The lowest BCUT2D eigenvalue weighted by Crippen LogP contribution is -2.54. The predicted octanol–water partition coefficient (Wildman–Crippen LogP) is 2.74. The molecule has 5 heteroatoms. The van der Waals surface area contributed by atoms with E-state index in [9.17, 15) is 9.90 Å². The highest BCUT2D eigenvalue weighted by atomic mass is 16.3. The highest BCUT2D eigenvalue weighted by Gasteiger charge is 2.44. The summed E-state index contributed by atoms with van der Waals surface area (Å²) in [6.07, 6.45) is 5.50. The molecule has 22 heavy (non-hydrogen) atoms. The minimum Gasteiger partial charge on any atom is -0.508 e. The zero-order valence-corrected chi connectivity index (χ0v) is 12.7. The molecule has 116 valence electrons. The van der Waals surface area contributed by atoms with Crippen LogP contribution in [0.1, 0.15) is 44.6 Å². The van der Waals surface area contributed by atoms with Crippen LogP contribution in [0.2, 0.25) is 0 Å². The Morgan fingerprint density at radius 1 is 1.45 bits per heavy atom. The van der Waals surface area contributed by atoms with E-state index in [1.807, 2.05) is 12.1 Å². The first kappa shape index (κ1) is 14.8. The molecule has 0 atom stereocenters. The van der Waals surface area contributed by atoms with E-state index in [4.69, 9.17) is 0 Å². The molecular formula is C17H21N3O2. The molecule has 1 aromatic rings. The van der Waals surface area contributed by atoms with E-state index < -0.39 is 0 Å². The van der Waals surface area contributed by atoms with Crippen LogP contribution in [0.25, 0.3) is 0 Å². The molecule has 1 heterocycles. The number of aromatic hydroxyl groups is 1. The first-order valence-corrected chi connectivity index (χ1v) is 7.75. The van der Waals surface area contributed by atoms with E-state index in [2.05, 4.69) is 22.4 Å². The quantitative estimate of drug-likeness (QED) is 0.897. The van der Waals surface area contributed by atoms with Crippen molar-refractivity contribution in [2.24, 2.45) is 16.1 Å². The fourth-order valence-corrected chi connectivity index (χ4v) is 3.42. The van der Waals surface area contributed by atoms with E-state index in [0.29, 0.717) is 12.3 Å². The molecule has 0 aromatic heterocycles. The van der Waals surface area contributed by atoms with Gasteiger partial charge in [-0.15, -0.1) is 0 Å². The molecule has 1 aliphatic carbocycles. The summed E-state index contributed by atoms with van der Waals surface area (Å²) in [4.78, 5) is 12.4. The number of nitrogens with one attached hydrogen (secondary N) is 1. The monoisotopic (exact) mass is 299 g/mol. The van der Waals surface area contributed by atoms with E-state index in [1.165, 1.54) is 0 Å². The van der Waals surface area contributed by atoms with Gasteiger partial charge in [-0.1, -0.05) is 19.1 Å². The maximum Gasteiger partial charge on any atom is 0.226 e. The van der Waals surface area contributed by atoms with E-state index in [-0.39, 0.29) is 17.2 Å². The molecule has 1 amide bonds. The van der Waals surface area contributed by atoms with Gasteiger partial charge in [0.1, 0.15) is 5.75 Å². The third-order valence-electron chi connectivity index (χ3n) is 4.38. The Labute approximate surface area is 130 Å². The van der Waals surface area contributed by atoms with Crippen LogP contribution >= 0.6 is 0 Å². The first-order chi connectivity index (χ1) is 10.6. The minimum absolute atomic E-state index is 0.0221. The molecular weight excluding hydrogens is 278 g/mol. The minimum atomic E-state index is -0.353. The summed E-state index contributed by atoms with van der Waals surface area (Å²) >= 11 is 0. The molecule has 1 aliphatic heterocycles. The average molecular weight is 299 g/mol. The average Bonchev–Trinajstić information content (AvgIpc) is 2.46. The number of carbonyl (C=O) groups excluding carboxylic acids is 1. The summed E-state index contributed by atoms with van der Waals surface area (Å²) in [5, 5.41) is 20.8. The lowest BCUT2D eigenvalue weighted by Gasteiger charge is -2.47. The number of amides is 1. The van der Waals surface area contributed by atoms with Crippen molar-refractivity contribution in [3.05, 3.63) is 29.8 Å². The third-order valence-corrected chi connectivity index (χ3v) is 4.38. The van der Waals surface area contributed by atoms with Gasteiger partial charge in [-0.3, -0.25) is 4.79 Å². The van der Waals surface area contributed by atoms with Crippen LogP contribution in [-0.4, -0.2) is 22.9 Å². The molecule has 2 aliphatic rings. The largest absolute Gasteiger partial charge is 0.508 e. The van der Waals surface area contributed by atoms with Crippen molar-refractivity contribution in [1.29, 1.82) is 0 Å². The van der Waals surface area contributed by atoms with Crippen molar-refractivity contribution >= 4 is 17.8 Å². The Balaban J connectivity index is 1.73. The van der Waals surface area contributed by atoms with Crippen LogP contribution < -0.4 is 5.32 Å². The second-order valence-corrected chi connectivity index (χ2v) is 6.37. The van der Waals surface area contributed by atoms with Gasteiger partial charge in [-0.2, -0.15) is 10.2 Å². The smallest absolute Gasteiger partial charge is 0.226 e. The Morgan fingerprint density at radius 3 is 2.91 bits per heavy atom. The molecule has 5 nitrogen and oxygen atoms in total. The summed E-state index contributed by atoms with van der Waals surface area (Å²) in [7, 11) is 0. The summed E-state index contributed by atoms with van der Waals surface area (Å²) in [5.41, 5.74) is 1.45. The van der Waals surface area contributed by atoms with Gasteiger partial charge in [-0.25, -0.2) is 0 Å². The van der Waals surface area contributed by atoms with Crippen molar-refractivity contribution in [3.8, 4) is 5.75 Å². The van der Waals surface area contributed by atoms with Crippen LogP contribution in [0.3, 0.4) is 0 Å². The second kappa shape index (κ2) is 5.91. The first-order valence-electron chi connectivity index (χ1n) is 7.75. The number of carbonyl (C=O) groups is 1. The van der Waals surface area contributed by atoms with Crippen molar-refractivity contribution in [1.82, 2.24) is 5.32 Å². The van der Waals surface area contributed by atoms with E-state index in [1.54, 1.807) is 18.3 Å². The molecule has 0 unspecified atom stereocenters. The maximum absolute atomic E-state index is 12.4. The molecule has 0 bridgehead atoms. The Kier molecular flexibility index (Phi) is 3.96. The van der Waals surface area contributed by atoms with E-state index in [0.717, 1.165) is 37.0 Å². The molecule has 0 spiro atoms. The van der Waals surface area contributed by atoms with Crippen molar-refractivity contribution in [2.75, 3.05) is 0 Å². The van der Waals surface area contributed by atoms with Crippen LogP contribution in [0.5, 0.6) is 5.75 Å².